The Balaban J connectivity index is 1.99. The molecule has 1 aromatic heterocycles. The number of aromatic nitrogens is 3. The summed E-state index contributed by atoms with van der Waals surface area (Å²) < 4.78 is 1.93. The van der Waals surface area contributed by atoms with E-state index < -0.39 is 0 Å². The number of carbonyl (C=O) groups excluding carboxylic acids is 1. The fourth-order valence-corrected chi connectivity index (χ4v) is 2.13. The molecule has 2 rings (SSSR count). The van der Waals surface area contributed by atoms with Gasteiger partial charge in [0.05, 0.1) is 13.1 Å². The van der Waals surface area contributed by atoms with Gasteiger partial charge in [0.25, 0.3) is 0 Å². The third kappa shape index (κ3) is 2.87. The number of carbonyl (C=O) groups is 1. The van der Waals surface area contributed by atoms with Crippen LogP contribution in [0.15, 0.2) is 0 Å². The molecule has 0 spiro atoms. The molecular weight excluding hydrogens is 230 g/mol. The highest BCUT2D eigenvalue weighted by Gasteiger charge is 2.23. The Morgan fingerprint density at radius 2 is 2.33 bits per heavy atom. The monoisotopic (exact) mass is 251 g/mol. The lowest BCUT2D eigenvalue weighted by Crippen LogP contribution is -2.44. The van der Waals surface area contributed by atoms with Gasteiger partial charge in [0.1, 0.15) is 5.82 Å². The first kappa shape index (κ1) is 13.0. The van der Waals surface area contributed by atoms with Crippen LogP contribution in [0, 0.1) is 0 Å². The maximum atomic E-state index is 11.5. The number of amides is 1. The summed E-state index contributed by atoms with van der Waals surface area (Å²) in [6, 6.07) is 0.167. The molecule has 0 saturated carbocycles. The zero-order valence-corrected chi connectivity index (χ0v) is 11.2. The second-order valence-electron chi connectivity index (χ2n) is 5.06. The summed E-state index contributed by atoms with van der Waals surface area (Å²) in [6.45, 7) is 5.27. The Labute approximate surface area is 107 Å². The van der Waals surface area contributed by atoms with Crippen LogP contribution in [0.1, 0.15) is 37.8 Å². The van der Waals surface area contributed by atoms with E-state index in [-0.39, 0.29) is 11.9 Å². The van der Waals surface area contributed by atoms with E-state index in [4.69, 9.17) is 0 Å². The summed E-state index contributed by atoms with van der Waals surface area (Å²) >= 11 is 0. The molecular formula is C12H21N5O. The first-order valence-electron chi connectivity index (χ1n) is 6.47. The maximum Gasteiger partial charge on any atom is 0.234 e. The van der Waals surface area contributed by atoms with Gasteiger partial charge in [-0.1, -0.05) is 13.8 Å². The first-order valence-corrected chi connectivity index (χ1v) is 6.47. The molecule has 2 heterocycles. The Hall–Kier alpha value is -1.43. The van der Waals surface area contributed by atoms with E-state index in [0.717, 1.165) is 31.0 Å². The van der Waals surface area contributed by atoms with Crippen molar-refractivity contribution >= 4 is 5.91 Å². The van der Waals surface area contributed by atoms with Gasteiger partial charge in [-0.2, -0.15) is 5.10 Å². The Bertz CT molecular complexity index is 426. The summed E-state index contributed by atoms with van der Waals surface area (Å²) in [5.41, 5.74) is 0. The Morgan fingerprint density at radius 3 is 3.00 bits per heavy atom. The number of likely N-dealkylation sites (N-methyl/N-ethyl adjacent to an activating group) is 1. The molecule has 0 aliphatic carbocycles. The topological polar surface area (TPSA) is 71.8 Å². The quantitative estimate of drug-likeness (QED) is 0.793. The molecule has 1 unspecified atom stereocenters. The largest absolute Gasteiger partial charge is 0.350 e. The average molecular weight is 251 g/mol. The van der Waals surface area contributed by atoms with E-state index in [1.807, 2.05) is 4.68 Å². The molecule has 1 atom stereocenters. The van der Waals surface area contributed by atoms with Crippen molar-refractivity contribution < 1.29 is 4.79 Å². The molecule has 0 fully saturated rings. The van der Waals surface area contributed by atoms with E-state index >= 15 is 0 Å². The van der Waals surface area contributed by atoms with Gasteiger partial charge in [-0.25, -0.2) is 9.67 Å². The molecule has 0 saturated heterocycles. The Kier molecular flexibility index (Phi) is 3.96. The predicted molar refractivity (Wildman–Crippen MR) is 68.3 cm³/mol. The van der Waals surface area contributed by atoms with Gasteiger partial charge in [-0.15, -0.1) is 0 Å². The average Bonchev–Trinajstić information content (AvgIpc) is 2.72. The molecule has 100 valence electrons. The van der Waals surface area contributed by atoms with Crippen molar-refractivity contribution in [3.05, 3.63) is 11.6 Å². The van der Waals surface area contributed by atoms with E-state index in [1.165, 1.54) is 0 Å². The van der Waals surface area contributed by atoms with Crippen LogP contribution in [0.2, 0.25) is 0 Å². The zero-order chi connectivity index (χ0) is 13.1. The van der Waals surface area contributed by atoms with Crippen molar-refractivity contribution in [2.45, 2.75) is 45.2 Å². The fourth-order valence-electron chi connectivity index (χ4n) is 2.13. The SMILES string of the molecule is CNCC(=O)NC1CCc2nc(C(C)C)nn2C1. The highest BCUT2D eigenvalue weighted by molar-refractivity contribution is 5.78. The predicted octanol–water partition coefficient (Wildman–Crippen LogP) is 0.0519. The van der Waals surface area contributed by atoms with Crippen LogP contribution in [0.3, 0.4) is 0 Å². The molecule has 1 aromatic rings. The van der Waals surface area contributed by atoms with Crippen molar-refractivity contribution in [3.8, 4) is 0 Å². The van der Waals surface area contributed by atoms with Gasteiger partial charge in [-0.3, -0.25) is 4.79 Å². The smallest absolute Gasteiger partial charge is 0.234 e. The molecule has 0 aromatic carbocycles. The van der Waals surface area contributed by atoms with Crippen LogP contribution in [0.25, 0.3) is 0 Å². The van der Waals surface area contributed by atoms with E-state index in [1.54, 1.807) is 7.05 Å². The lowest BCUT2D eigenvalue weighted by molar-refractivity contribution is -0.121. The normalized spacial score (nSPS) is 18.8. The molecule has 0 radical (unpaired) electrons. The van der Waals surface area contributed by atoms with Crippen molar-refractivity contribution in [1.29, 1.82) is 0 Å². The van der Waals surface area contributed by atoms with Gasteiger partial charge < -0.3 is 10.6 Å². The minimum absolute atomic E-state index is 0.0372. The van der Waals surface area contributed by atoms with Crippen molar-refractivity contribution in [1.82, 2.24) is 25.4 Å². The zero-order valence-electron chi connectivity index (χ0n) is 11.2. The number of hydrogen-bond donors (Lipinski definition) is 2. The molecule has 0 bridgehead atoms. The molecule has 2 N–H and O–H groups in total. The van der Waals surface area contributed by atoms with Crippen LogP contribution in [0.4, 0.5) is 0 Å². The minimum Gasteiger partial charge on any atom is -0.350 e. The highest BCUT2D eigenvalue weighted by atomic mass is 16.2. The summed E-state index contributed by atoms with van der Waals surface area (Å²) in [5, 5.41) is 10.3. The van der Waals surface area contributed by atoms with Crippen LogP contribution < -0.4 is 10.6 Å². The number of fused-ring (bicyclic) bond motifs is 1. The Morgan fingerprint density at radius 1 is 1.56 bits per heavy atom. The molecule has 18 heavy (non-hydrogen) atoms. The number of nitrogens with one attached hydrogen (secondary N) is 2. The minimum atomic E-state index is 0.0372. The number of hydrogen-bond acceptors (Lipinski definition) is 4. The van der Waals surface area contributed by atoms with E-state index in [9.17, 15) is 4.79 Å². The molecule has 1 aliphatic rings. The first-order chi connectivity index (χ1) is 8.60. The summed E-state index contributed by atoms with van der Waals surface area (Å²) in [5.74, 6) is 2.32. The number of rotatable bonds is 4. The molecule has 1 amide bonds. The molecule has 6 nitrogen and oxygen atoms in total. The lowest BCUT2D eigenvalue weighted by Gasteiger charge is -2.23. The van der Waals surface area contributed by atoms with E-state index in [0.29, 0.717) is 12.5 Å². The van der Waals surface area contributed by atoms with Crippen LogP contribution >= 0.6 is 0 Å². The maximum absolute atomic E-state index is 11.5. The summed E-state index contributed by atoms with van der Waals surface area (Å²) in [6.07, 6.45) is 1.82. The number of aryl methyl sites for hydroxylation is 1. The van der Waals surface area contributed by atoms with Crippen LogP contribution in [0.5, 0.6) is 0 Å². The second kappa shape index (κ2) is 5.48. The van der Waals surface area contributed by atoms with Gasteiger partial charge >= 0.3 is 0 Å². The lowest BCUT2D eigenvalue weighted by atomic mass is 10.1. The van der Waals surface area contributed by atoms with Gasteiger partial charge in [0.2, 0.25) is 5.91 Å². The second-order valence-corrected chi connectivity index (χ2v) is 5.06. The third-order valence-electron chi connectivity index (χ3n) is 3.09. The van der Waals surface area contributed by atoms with Crippen molar-refractivity contribution in [3.63, 3.8) is 0 Å². The standard InChI is InChI=1S/C12H21N5O/c1-8(2)12-15-10-5-4-9(7-17(10)16-12)14-11(18)6-13-3/h8-9,13H,4-7H2,1-3H3,(H,14,18). The van der Waals surface area contributed by atoms with E-state index in [2.05, 4.69) is 34.6 Å². The highest BCUT2D eigenvalue weighted by Crippen LogP contribution is 2.16. The van der Waals surface area contributed by atoms with Crippen LogP contribution in [-0.2, 0) is 17.8 Å². The number of nitrogens with zero attached hydrogens (tertiary/aromatic N) is 3. The van der Waals surface area contributed by atoms with Gasteiger partial charge in [-0.05, 0) is 13.5 Å². The molecule has 1 aliphatic heterocycles. The summed E-state index contributed by atoms with van der Waals surface area (Å²) in [7, 11) is 1.77. The third-order valence-corrected chi connectivity index (χ3v) is 3.09. The van der Waals surface area contributed by atoms with Gasteiger partial charge in [0, 0.05) is 18.4 Å². The van der Waals surface area contributed by atoms with Crippen LogP contribution in [-0.4, -0.2) is 40.3 Å². The fraction of sp³-hybridized carbons (Fsp3) is 0.750. The van der Waals surface area contributed by atoms with Gasteiger partial charge in [0.15, 0.2) is 5.82 Å². The van der Waals surface area contributed by atoms with Crippen molar-refractivity contribution in [2.24, 2.45) is 0 Å². The molecule has 6 heteroatoms. The van der Waals surface area contributed by atoms with Crippen molar-refractivity contribution in [2.75, 3.05) is 13.6 Å². The summed E-state index contributed by atoms with van der Waals surface area (Å²) in [4.78, 5) is 16.0.